The zero-order valence-corrected chi connectivity index (χ0v) is 20.8. The van der Waals surface area contributed by atoms with Gasteiger partial charge in [-0.25, -0.2) is 4.39 Å². The van der Waals surface area contributed by atoms with Crippen LogP contribution >= 0.6 is 11.6 Å². The molecule has 34 heavy (non-hydrogen) atoms. The number of carbonyl (C=O) groups is 2. The topological polar surface area (TPSA) is 61.4 Å². The summed E-state index contributed by atoms with van der Waals surface area (Å²) in [6.45, 7) is 0.351. The summed E-state index contributed by atoms with van der Waals surface area (Å²) in [5.41, 5.74) is 1.90. The summed E-state index contributed by atoms with van der Waals surface area (Å²) in [6.07, 6.45) is 5.47. The van der Waals surface area contributed by atoms with Gasteiger partial charge in [-0.2, -0.15) is 0 Å². The van der Waals surface area contributed by atoms with Gasteiger partial charge in [-0.05, 0) is 81.9 Å². The number of likely N-dealkylation sites (N-methyl/N-ethyl adjacent to an activating group) is 1. The van der Waals surface area contributed by atoms with Crippen molar-refractivity contribution in [1.82, 2.24) is 15.5 Å². The van der Waals surface area contributed by atoms with Crippen molar-refractivity contribution in [3.63, 3.8) is 0 Å². The van der Waals surface area contributed by atoms with Gasteiger partial charge >= 0.3 is 0 Å². The quantitative estimate of drug-likeness (QED) is 0.518. The summed E-state index contributed by atoms with van der Waals surface area (Å²) in [5, 5.41) is 6.62. The van der Waals surface area contributed by atoms with Crippen LogP contribution in [0, 0.1) is 5.82 Å². The van der Waals surface area contributed by atoms with Crippen molar-refractivity contribution in [2.45, 2.75) is 62.9 Å². The third kappa shape index (κ3) is 7.54. The van der Waals surface area contributed by atoms with Crippen LogP contribution in [-0.2, 0) is 22.4 Å². The first-order chi connectivity index (χ1) is 16.3. The molecular weight excluding hydrogens is 453 g/mol. The van der Waals surface area contributed by atoms with E-state index in [4.69, 9.17) is 11.6 Å². The summed E-state index contributed by atoms with van der Waals surface area (Å²) < 4.78 is 13.6. The Bertz CT molecular complexity index is 957. The number of rotatable bonds is 10. The molecule has 0 heterocycles. The summed E-state index contributed by atoms with van der Waals surface area (Å²) in [4.78, 5) is 26.8. The molecule has 0 radical (unpaired) electrons. The van der Waals surface area contributed by atoms with Crippen LogP contribution in [-0.4, -0.2) is 48.9 Å². The van der Waals surface area contributed by atoms with Gasteiger partial charge in [0.2, 0.25) is 11.8 Å². The smallest absolute Gasteiger partial charge is 0.220 e. The fourth-order valence-electron chi connectivity index (χ4n) is 4.72. The number of benzene rings is 2. The van der Waals surface area contributed by atoms with Crippen LogP contribution in [0.5, 0.6) is 0 Å². The number of hydrogen-bond acceptors (Lipinski definition) is 3. The lowest BCUT2D eigenvalue weighted by atomic mass is 9.75. The highest BCUT2D eigenvalue weighted by Crippen LogP contribution is 2.35. The van der Waals surface area contributed by atoms with E-state index in [0.29, 0.717) is 18.5 Å². The van der Waals surface area contributed by atoms with Crippen molar-refractivity contribution in [3.05, 3.63) is 70.5 Å². The van der Waals surface area contributed by atoms with E-state index >= 15 is 0 Å². The van der Waals surface area contributed by atoms with Crippen molar-refractivity contribution in [2.24, 2.45) is 0 Å². The number of nitrogens with one attached hydrogen (secondary N) is 2. The Labute approximate surface area is 207 Å². The van der Waals surface area contributed by atoms with Crippen molar-refractivity contribution >= 4 is 23.4 Å². The highest BCUT2D eigenvalue weighted by molar-refractivity contribution is 6.30. The van der Waals surface area contributed by atoms with Crippen molar-refractivity contribution in [1.29, 1.82) is 0 Å². The highest BCUT2D eigenvalue weighted by atomic mass is 35.5. The van der Waals surface area contributed by atoms with Crippen LogP contribution in [0.4, 0.5) is 4.39 Å². The molecule has 1 aliphatic carbocycles. The first-order valence-electron chi connectivity index (χ1n) is 12.0. The zero-order valence-electron chi connectivity index (χ0n) is 20.1. The van der Waals surface area contributed by atoms with Gasteiger partial charge in [0.25, 0.3) is 0 Å². The fourth-order valence-corrected chi connectivity index (χ4v) is 4.84. The third-order valence-corrected chi connectivity index (χ3v) is 7.18. The van der Waals surface area contributed by atoms with E-state index in [2.05, 4.69) is 41.8 Å². The van der Waals surface area contributed by atoms with Crippen molar-refractivity contribution < 1.29 is 14.0 Å². The Morgan fingerprint density at radius 1 is 1.03 bits per heavy atom. The van der Waals surface area contributed by atoms with Gasteiger partial charge in [0.15, 0.2) is 0 Å². The molecule has 5 nitrogen and oxygen atoms in total. The van der Waals surface area contributed by atoms with Gasteiger partial charge in [-0.15, -0.1) is 0 Å². The standard InChI is InChI=1S/C27H35ClFN3O2/c1-32(2)27(19-20-7-9-22(28)10-8-20)16-13-23(14-17-27)31-26(34)12-11-25(33)30-18-15-21-5-3-4-6-24(21)29/h3-10,23H,11-19H2,1-2H3,(H,30,33)(H,31,34). The molecule has 2 aromatic carbocycles. The van der Waals surface area contributed by atoms with E-state index in [1.807, 2.05) is 12.1 Å². The number of hydrogen-bond donors (Lipinski definition) is 2. The van der Waals surface area contributed by atoms with Crippen molar-refractivity contribution in [2.75, 3.05) is 20.6 Å². The Kier molecular flexibility index (Phi) is 9.48. The molecule has 0 saturated heterocycles. The largest absolute Gasteiger partial charge is 0.356 e. The van der Waals surface area contributed by atoms with E-state index in [9.17, 15) is 14.0 Å². The molecule has 0 aromatic heterocycles. The number of carbonyl (C=O) groups excluding carboxylic acids is 2. The molecule has 2 aromatic rings. The minimum Gasteiger partial charge on any atom is -0.356 e. The van der Waals surface area contributed by atoms with E-state index in [-0.39, 0.29) is 42.1 Å². The SMILES string of the molecule is CN(C)C1(Cc2ccc(Cl)cc2)CCC(NC(=O)CCC(=O)NCCc2ccccc2F)CC1. The summed E-state index contributed by atoms with van der Waals surface area (Å²) in [7, 11) is 4.25. The Morgan fingerprint density at radius 2 is 1.68 bits per heavy atom. The highest BCUT2D eigenvalue weighted by Gasteiger charge is 2.37. The minimum absolute atomic E-state index is 0.0627. The number of halogens is 2. The van der Waals surface area contributed by atoms with Gasteiger partial charge < -0.3 is 15.5 Å². The van der Waals surface area contributed by atoms with Crippen LogP contribution in [0.25, 0.3) is 0 Å². The van der Waals surface area contributed by atoms with Gasteiger partial charge in [0, 0.05) is 36.0 Å². The van der Waals surface area contributed by atoms with E-state index < -0.39 is 0 Å². The second-order valence-corrected chi connectivity index (χ2v) is 9.89. The first-order valence-corrected chi connectivity index (χ1v) is 12.4. The molecule has 7 heteroatoms. The Balaban J connectivity index is 1.38. The molecule has 184 valence electrons. The molecule has 3 rings (SSSR count). The molecule has 2 N–H and O–H groups in total. The van der Waals surface area contributed by atoms with Crippen LogP contribution in [0.1, 0.15) is 49.7 Å². The Hall–Kier alpha value is -2.44. The van der Waals surface area contributed by atoms with Crippen LogP contribution in [0.3, 0.4) is 0 Å². The predicted octanol–water partition coefficient (Wildman–Crippen LogP) is 4.52. The fraction of sp³-hybridized carbons (Fsp3) is 0.481. The van der Waals surface area contributed by atoms with Crippen LogP contribution in [0.15, 0.2) is 48.5 Å². The minimum atomic E-state index is -0.268. The maximum absolute atomic E-state index is 13.6. The molecule has 1 saturated carbocycles. The molecule has 0 spiro atoms. The zero-order chi connectivity index (χ0) is 24.6. The molecule has 0 atom stereocenters. The average molecular weight is 488 g/mol. The second kappa shape index (κ2) is 12.3. The monoisotopic (exact) mass is 487 g/mol. The average Bonchev–Trinajstić information content (AvgIpc) is 2.82. The maximum atomic E-state index is 13.6. The predicted molar refractivity (Wildman–Crippen MR) is 134 cm³/mol. The summed E-state index contributed by atoms with van der Waals surface area (Å²) in [5.74, 6) is -0.552. The van der Waals surface area contributed by atoms with E-state index in [0.717, 1.165) is 37.1 Å². The number of amides is 2. The normalized spacial score (nSPS) is 20.2. The third-order valence-electron chi connectivity index (χ3n) is 6.93. The lowest BCUT2D eigenvalue weighted by Crippen LogP contribution is -2.52. The van der Waals surface area contributed by atoms with Gasteiger partial charge in [-0.1, -0.05) is 41.9 Å². The number of nitrogens with zero attached hydrogens (tertiary/aromatic N) is 1. The Morgan fingerprint density at radius 3 is 2.32 bits per heavy atom. The molecule has 1 aliphatic rings. The second-order valence-electron chi connectivity index (χ2n) is 9.46. The first kappa shape index (κ1) is 26.2. The maximum Gasteiger partial charge on any atom is 0.220 e. The molecule has 0 bridgehead atoms. The van der Waals surface area contributed by atoms with Gasteiger partial charge in [0.1, 0.15) is 5.82 Å². The van der Waals surface area contributed by atoms with Crippen LogP contribution < -0.4 is 10.6 Å². The van der Waals surface area contributed by atoms with E-state index in [1.54, 1.807) is 18.2 Å². The van der Waals surface area contributed by atoms with Crippen molar-refractivity contribution in [3.8, 4) is 0 Å². The molecule has 1 fully saturated rings. The lowest BCUT2D eigenvalue weighted by Gasteiger charge is -2.45. The summed E-state index contributed by atoms with van der Waals surface area (Å²) in [6, 6.07) is 14.7. The van der Waals surface area contributed by atoms with Gasteiger partial charge in [0.05, 0.1) is 0 Å². The van der Waals surface area contributed by atoms with Crippen LogP contribution in [0.2, 0.25) is 5.02 Å². The molecule has 2 amide bonds. The summed E-state index contributed by atoms with van der Waals surface area (Å²) >= 11 is 6.03. The molecule has 0 aliphatic heterocycles. The molecular formula is C27H35ClFN3O2. The lowest BCUT2D eigenvalue weighted by molar-refractivity contribution is -0.127. The van der Waals surface area contributed by atoms with Gasteiger partial charge in [-0.3, -0.25) is 9.59 Å². The molecule has 0 unspecified atom stereocenters. The van der Waals surface area contributed by atoms with E-state index in [1.165, 1.54) is 11.6 Å².